The molecule has 0 spiro atoms. The zero-order valence-corrected chi connectivity index (χ0v) is 21.1. The number of nitrogens with zero attached hydrogens (tertiary/aromatic N) is 3. The maximum atomic E-state index is 12.2. The third-order valence-corrected chi connectivity index (χ3v) is 6.71. The Hall–Kier alpha value is -2.98. The van der Waals surface area contributed by atoms with Crippen LogP contribution in [0.15, 0.2) is 53.9 Å². The Kier molecular flexibility index (Phi) is 8.70. The van der Waals surface area contributed by atoms with E-state index in [1.165, 1.54) is 0 Å². The number of hydrogen-bond donors (Lipinski definition) is 2. The number of anilines is 2. The lowest BCUT2D eigenvalue weighted by molar-refractivity contribution is -0.144. The van der Waals surface area contributed by atoms with Crippen molar-refractivity contribution in [3.05, 3.63) is 64.6 Å². The van der Waals surface area contributed by atoms with E-state index >= 15 is 0 Å². The largest absolute Gasteiger partial charge is 0.465 e. The second-order valence-corrected chi connectivity index (χ2v) is 9.46. The highest BCUT2D eigenvalue weighted by Gasteiger charge is 2.20. The van der Waals surface area contributed by atoms with Gasteiger partial charge in [-0.1, -0.05) is 17.7 Å². The molecule has 0 bridgehead atoms. The molecule has 2 heterocycles. The highest BCUT2D eigenvalue weighted by Crippen LogP contribution is 2.26. The fourth-order valence-electron chi connectivity index (χ4n) is 3.79. The lowest BCUT2D eigenvalue weighted by Crippen LogP contribution is -2.47. The van der Waals surface area contributed by atoms with Crippen molar-refractivity contribution in [1.29, 1.82) is 0 Å². The van der Waals surface area contributed by atoms with Crippen LogP contribution in [0.1, 0.15) is 12.6 Å². The van der Waals surface area contributed by atoms with Crippen LogP contribution >= 0.6 is 22.9 Å². The van der Waals surface area contributed by atoms with Gasteiger partial charge in [0.1, 0.15) is 5.01 Å². The Balaban J connectivity index is 1.26. The number of urea groups is 1. The molecule has 0 radical (unpaired) electrons. The first kappa shape index (κ1) is 25.1. The van der Waals surface area contributed by atoms with Gasteiger partial charge < -0.3 is 15.4 Å². The minimum absolute atomic E-state index is 0.159. The van der Waals surface area contributed by atoms with Gasteiger partial charge in [0.15, 0.2) is 0 Å². The zero-order chi connectivity index (χ0) is 24.6. The standard InChI is InChI=1S/C25H28ClN5O3S/c1-2-34-23(32)16-31-12-10-30(11-13-31)15-22-17-35-24(27-22)18-6-8-20(9-7-18)28-25(33)29-21-5-3-4-19(26)14-21/h3-9,14,17H,2,10-13,15-16H2,1H3,(H2,28,29,33). The van der Waals surface area contributed by atoms with E-state index in [-0.39, 0.29) is 12.0 Å². The molecule has 0 atom stereocenters. The van der Waals surface area contributed by atoms with Crippen LogP contribution in [0.3, 0.4) is 0 Å². The van der Waals surface area contributed by atoms with Gasteiger partial charge in [0.2, 0.25) is 0 Å². The summed E-state index contributed by atoms with van der Waals surface area (Å²) in [4.78, 5) is 33.2. The van der Waals surface area contributed by atoms with Gasteiger partial charge >= 0.3 is 12.0 Å². The number of piperazine rings is 1. The Morgan fingerprint density at radius 3 is 2.46 bits per heavy atom. The number of hydrogen-bond acceptors (Lipinski definition) is 7. The maximum absolute atomic E-state index is 12.2. The molecule has 0 aliphatic carbocycles. The molecule has 0 unspecified atom stereocenters. The van der Waals surface area contributed by atoms with Crippen molar-refractivity contribution in [3.8, 4) is 10.6 Å². The number of thiazole rings is 1. The predicted molar refractivity (Wildman–Crippen MR) is 140 cm³/mol. The Morgan fingerprint density at radius 1 is 1.03 bits per heavy atom. The predicted octanol–water partition coefficient (Wildman–Crippen LogP) is 4.79. The number of rotatable bonds is 8. The molecule has 1 aromatic heterocycles. The molecule has 2 amide bonds. The van der Waals surface area contributed by atoms with Crippen molar-refractivity contribution >= 4 is 46.3 Å². The van der Waals surface area contributed by atoms with Gasteiger partial charge in [-0.25, -0.2) is 9.78 Å². The number of amides is 2. The summed E-state index contributed by atoms with van der Waals surface area (Å²) in [5, 5.41) is 9.17. The molecule has 1 aliphatic heterocycles. The van der Waals surface area contributed by atoms with Crippen molar-refractivity contribution in [2.24, 2.45) is 0 Å². The van der Waals surface area contributed by atoms with Crippen LogP contribution in [0.25, 0.3) is 10.6 Å². The molecule has 1 fully saturated rings. The van der Waals surface area contributed by atoms with Gasteiger partial charge in [-0.15, -0.1) is 11.3 Å². The molecular formula is C25H28ClN5O3S. The molecule has 2 N–H and O–H groups in total. The summed E-state index contributed by atoms with van der Waals surface area (Å²) in [5.74, 6) is -0.159. The molecular weight excluding hydrogens is 486 g/mol. The molecule has 2 aromatic carbocycles. The SMILES string of the molecule is CCOC(=O)CN1CCN(Cc2csc(-c3ccc(NC(=O)Nc4cccc(Cl)c4)cc3)n2)CC1. The van der Waals surface area contributed by atoms with Gasteiger partial charge in [-0.2, -0.15) is 0 Å². The van der Waals surface area contributed by atoms with Crippen LogP contribution in [-0.2, 0) is 16.1 Å². The van der Waals surface area contributed by atoms with Crippen LogP contribution in [-0.4, -0.2) is 66.1 Å². The summed E-state index contributed by atoms with van der Waals surface area (Å²) in [6, 6.07) is 14.3. The van der Waals surface area contributed by atoms with E-state index in [1.54, 1.807) is 35.6 Å². The summed E-state index contributed by atoms with van der Waals surface area (Å²) in [5.41, 5.74) is 3.35. The van der Waals surface area contributed by atoms with Gasteiger partial charge in [-0.3, -0.25) is 14.6 Å². The van der Waals surface area contributed by atoms with E-state index < -0.39 is 0 Å². The fourth-order valence-corrected chi connectivity index (χ4v) is 4.80. The van der Waals surface area contributed by atoms with Crippen LogP contribution in [0.2, 0.25) is 5.02 Å². The first-order chi connectivity index (χ1) is 17.0. The molecule has 10 heteroatoms. The number of aromatic nitrogens is 1. The monoisotopic (exact) mass is 513 g/mol. The average Bonchev–Trinajstić information content (AvgIpc) is 3.29. The van der Waals surface area contributed by atoms with Gasteiger partial charge in [-0.05, 0) is 49.4 Å². The summed E-state index contributed by atoms with van der Waals surface area (Å²) >= 11 is 7.56. The van der Waals surface area contributed by atoms with Gasteiger partial charge in [0.25, 0.3) is 0 Å². The normalized spacial score (nSPS) is 14.5. The Bertz CT molecular complexity index is 1150. The van der Waals surface area contributed by atoms with Crippen LogP contribution in [0, 0.1) is 0 Å². The minimum atomic E-state index is -0.334. The van der Waals surface area contributed by atoms with Crippen LogP contribution in [0.5, 0.6) is 0 Å². The van der Waals surface area contributed by atoms with E-state index in [2.05, 4.69) is 25.8 Å². The summed E-state index contributed by atoms with van der Waals surface area (Å²) in [6.45, 7) is 6.86. The molecule has 8 nitrogen and oxygen atoms in total. The molecule has 1 saturated heterocycles. The van der Waals surface area contributed by atoms with E-state index in [0.29, 0.717) is 29.5 Å². The topological polar surface area (TPSA) is 86.8 Å². The first-order valence-corrected chi connectivity index (χ1v) is 12.7. The summed E-state index contributed by atoms with van der Waals surface area (Å²) < 4.78 is 5.04. The number of nitrogens with one attached hydrogen (secondary N) is 2. The molecule has 35 heavy (non-hydrogen) atoms. The maximum Gasteiger partial charge on any atom is 0.323 e. The van der Waals surface area contributed by atoms with Crippen molar-refractivity contribution in [2.45, 2.75) is 13.5 Å². The molecule has 0 saturated carbocycles. The first-order valence-electron chi connectivity index (χ1n) is 11.5. The van der Waals surface area contributed by atoms with Crippen LogP contribution < -0.4 is 10.6 Å². The second-order valence-electron chi connectivity index (χ2n) is 8.17. The second kappa shape index (κ2) is 12.1. The summed E-state index contributed by atoms with van der Waals surface area (Å²) in [6.07, 6.45) is 0. The van der Waals surface area contributed by atoms with E-state index in [4.69, 9.17) is 21.3 Å². The van der Waals surface area contributed by atoms with Gasteiger partial charge in [0.05, 0.1) is 18.8 Å². The highest BCUT2D eigenvalue weighted by atomic mass is 35.5. The number of ether oxygens (including phenoxy) is 1. The third kappa shape index (κ3) is 7.50. The third-order valence-electron chi connectivity index (χ3n) is 5.53. The van der Waals surface area contributed by atoms with E-state index in [1.807, 2.05) is 31.2 Å². The number of benzene rings is 2. The van der Waals surface area contributed by atoms with Crippen molar-refractivity contribution in [3.63, 3.8) is 0 Å². The number of carbonyl (C=O) groups is 2. The molecule has 4 rings (SSSR count). The number of esters is 1. The van der Waals surface area contributed by atoms with Gasteiger partial charge in [0, 0.05) is 60.1 Å². The minimum Gasteiger partial charge on any atom is -0.465 e. The van der Waals surface area contributed by atoms with E-state index in [0.717, 1.165) is 49.0 Å². The fraction of sp³-hybridized carbons (Fsp3) is 0.320. The van der Waals surface area contributed by atoms with Crippen molar-refractivity contribution in [2.75, 3.05) is 50.0 Å². The van der Waals surface area contributed by atoms with E-state index in [9.17, 15) is 9.59 Å². The molecule has 3 aromatic rings. The number of halogens is 1. The van der Waals surface area contributed by atoms with Crippen LogP contribution in [0.4, 0.5) is 16.2 Å². The quantitative estimate of drug-likeness (QED) is 0.421. The highest BCUT2D eigenvalue weighted by molar-refractivity contribution is 7.13. The lowest BCUT2D eigenvalue weighted by atomic mass is 10.2. The van der Waals surface area contributed by atoms with Crippen molar-refractivity contribution in [1.82, 2.24) is 14.8 Å². The Labute approximate surface area is 213 Å². The molecule has 184 valence electrons. The average molecular weight is 514 g/mol. The lowest BCUT2D eigenvalue weighted by Gasteiger charge is -2.33. The Morgan fingerprint density at radius 2 is 1.74 bits per heavy atom. The van der Waals surface area contributed by atoms with Crippen molar-refractivity contribution < 1.29 is 14.3 Å². The molecule has 1 aliphatic rings. The zero-order valence-electron chi connectivity index (χ0n) is 19.5. The summed E-state index contributed by atoms with van der Waals surface area (Å²) in [7, 11) is 0. The smallest absolute Gasteiger partial charge is 0.323 e. The number of carbonyl (C=O) groups excluding carboxylic acids is 2.